The number of ether oxygens (including phenoxy) is 1. The molecule has 1 aromatic heterocycles. The Morgan fingerprint density at radius 2 is 2.05 bits per heavy atom. The molecular weight excluding hydrogens is 272 g/mol. The summed E-state index contributed by atoms with van der Waals surface area (Å²) in [6, 6.07) is 7.95. The first-order valence-electron chi connectivity index (χ1n) is 6.70. The lowest BCUT2D eigenvalue weighted by Crippen LogP contribution is -2.11. The Balaban J connectivity index is 2.19. The molecule has 106 valence electrons. The lowest BCUT2D eigenvalue weighted by atomic mass is 10.1. The van der Waals surface area contributed by atoms with Crippen molar-refractivity contribution in [2.24, 2.45) is 0 Å². The number of hydrogen-bond acceptors (Lipinski definition) is 3. The second-order valence-corrected chi connectivity index (χ2v) is 5.19. The van der Waals surface area contributed by atoms with Crippen molar-refractivity contribution >= 4 is 11.6 Å². The predicted octanol–water partition coefficient (Wildman–Crippen LogP) is 4.25. The Bertz CT molecular complexity index is 599. The van der Waals surface area contributed by atoms with E-state index in [-0.39, 0.29) is 0 Å². The molecule has 0 aliphatic carbocycles. The molecule has 0 fully saturated rings. The van der Waals surface area contributed by atoms with Crippen molar-refractivity contribution in [2.75, 3.05) is 6.54 Å². The second-order valence-electron chi connectivity index (χ2n) is 4.78. The highest BCUT2D eigenvalue weighted by atomic mass is 35.5. The molecule has 0 radical (unpaired) electrons. The van der Waals surface area contributed by atoms with Crippen molar-refractivity contribution in [3.8, 4) is 11.6 Å². The fourth-order valence-electron chi connectivity index (χ4n) is 1.83. The summed E-state index contributed by atoms with van der Waals surface area (Å²) in [6.45, 7) is 7.77. The average Bonchev–Trinajstić information content (AvgIpc) is 2.43. The van der Waals surface area contributed by atoms with E-state index in [4.69, 9.17) is 16.3 Å². The van der Waals surface area contributed by atoms with Gasteiger partial charge in [0.05, 0.1) is 0 Å². The topological polar surface area (TPSA) is 34.2 Å². The number of nitrogens with zero attached hydrogens (tertiary/aromatic N) is 1. The molecule has 2 rings (SSSR count). The minimum Gasteiger partial charge on any atom is -0.437 e. The zero-order chi connectivity index (χ0) is 14.5. The number of aromatic nitrogens is 1. The molecular formula is C16H19ClN2O. The highest BCUT2D eigenvalue weighted by molar-refractivity contribution is 6.31. The van der Waals surface area contributed by atoms with Gasteiger partial charge in [-0.05, 0) is 49.2 Å². The summed E-state index contributed by atoms with van der Waals surface area (Å²) >= 11 is 6.24. The lowest BCUT2D eigenvalue weighted by Gasteiger charge is -2.11. The molecule has 0 spiro atoms. The quantitative estimate of drug-likeness (QED) is 0.894. The second kappa shape index (κ2) is 6.73. The molecule has 0 saturated carbocycles. The van der Waals surface area contributed by atoms with Gasteiger partial charge >= 0.3 is 0 Å². The van der Waals surface area contributed by atoms with E-state index in [0.29, 0.717) is 10.9 Å². The monoisotopic (exact) mass is 290 g/mol. The first kappa shape index (κ1) is 14.8. The van der Waals surface area contributed by atoms with E-state index in [1.807, 2.05) is 32.0 Å². The molecule has 0 unspecified atom stereocenters. The summed E-state index contributed by atoms with van der Waals surface area (Å²) < 4.78 is 5.82. The van der Waals surface area contributed by atoms with Crippen LogP contribution in [0.25, 0.3) is 0 Å². The SMILES string of the molecule is CCNCc1cnc(Oc2cc(C)ccc2C)c(Cl)c1. The zero-order valence-corrected chi connectivity index (χ0v) is 12.8. The maximum absolute atomic E-state index is 6.24. The third-order valence-corrected chi connectivity index (χ3v) is 3.26. The van der Waals surface area contributed by atoms with Crippen LogP contribution in [0, 0.1) is 13.8 Å². The average molecular weight is 291 g/mol. The Kier molecular flexibility index (Phi) is 4.99. The Labute approximate surface area is 124 Å². The number of rotatable bonds is 5. The third kappa shape index (κ3) is 3.71. The summed E-state index contributed by atoms with van der Waals surface area (Å²) in [5.74, 6) is 1.24. The van der Waals surface area contributed by atoms with Crippen LogP contribution in [0.4, 0.5) is 0 Å². The van der Waals surface area contributed by atoms with Crippen molar-refractivity contribution in [2.45, 2.75) is 27.3 Å². The largest absolute Gasteiger partial charge is 0.437 e. The van der Waals surface area contributed by atoms with Gasteiger partial charge in [0.15, 0.2) is 0 Å². The number of aryl methyl sites for hydroxylation is 2. The molecule has 0 aliphatic heterocycles. The summed E-state index contributed by atoms with van der Waals surface area (Å²) in [4.78, 5) is 4.30. The summed E-state index contributed by atoms with van der Waals surface area (Å²) in [5, 5.41) is 3.77. The molecule has 2 aromatic rings. The van der Waals surface area contributed by atoms with E-state index in [0.717, 1.165) is 35.5 Å². The summed E-state index contributed by atoms with van der Waals surface area (Å²) in [7, 11) is 0. The van der Waals surface area contributed by atoms with Gasteiger partial charge in [-0.15, -0.1) is 0 Å². The van der Waals surface area contributed by atoms with E-state index < -0.39 is 0 Å². The maximum atomic E-state index is 6.24. The summed E-state index contributed by atoms with van der Waals surface area (Å²) in [6.07, 6.45) is 1.79. The van der Waals surface area contributed by atoms with Crippen molar-refractivity contribution in [3.63, 3.8) is 0 Å². The molecule has 3 nitrogen and oxygen atoms in total. The van der Waals surface area contributed by atoms with Gasteiger partial charge in [-0.3, -0.25) is 0 Å². The normalized spacial score (nSPS) is 10.6. The fraction of sp³-hybridized carbons (Fsp3) is 0.312. The van der Waals surface area contributed by atoms with Crippen LogP contribution < -0.4 is 10.1 Å². The van der Waals surface area contributed by atoms with Gasteiger partial charge in [-0.2, -0.15) is 0 Å². The zero-order valence-electron chi connectivity index (χ0n) is 12.0. The first-order chi connectivity index (χ1) is 9.60. The van der Waals surface area contributed by atoms with Gasteiger partial charge in [0, 0.05) is 12.7 Å². The fourth-order valence-corrected chi connectivity index (χ4v) is 2.06. The van der Waals surface area contributed by atoms with Gasteiger partial charge in [-0.1, -0.05) is 30.7 Å². The van der Waals surface area contributed by atoms with Crippen molar-refractivity contribution in [1.29, 1.82) is 0 Å². The maximum Gasteiger partial charge on any atom is 0.238 e. The highest BCUT2D eigenvalue weighted by Gasteiger charge is 2.08. The Morgan fingerprint density at radius 1 is 1.25 bits per heavy atom. The number of halogens is 1. The third-order valence-electron chi connectivity index (χ3n) is 2.99. The van der Waals surface area contributed by atoms with Crippen LogP contribution in [0.1, 0.15) is 23.6 Å². The number of benzene rings is 1. The summed E-state index contributed by atoms with van der Waals surface area (Å²) in [5.41, 5.74) is 3.25. The van der Waals surface area contributed by atoms with Crippen molar-refractivity contribution < 1.29 is 4.74 Å². The lowest BCUT2D eigenvalue weighted by molar-refractivity contribution is 0.459. The van der Waals surface area contributed by atoms with E-state index in [9.17, 15) is 0 Å². The molecule has 1 aromatic carbocycles. The van der Waals surface area contributed by atoms with Gasteiger partial charge in [0.2, 0.25) is 5.88 Å². The minimum absolute atomic E-state index is 0.445. The Hall–Kier alpha value is -1.58. The highest BCUT2D eigenvalue weighted by Crippen LogP contribution is 2.30. The minimum atomic E-state index is 0.445. The number of nitrogens with one attached hydrogen (secondary N) is 1. The molecule has 0 atom stereocenters. The number of hydrogen-bond donors (Lipinski definition) is 1. The van der Waals surface area contributed by atoms with Crippen LogP contribution in [0.5, 0.6) is 11.6 Å². The standard InChI is InChI=1S/C16H19ClN2O/c1-4-18-9-13-8-14(17)16(19-10-13)20-15-7-11(2)5-6-12(15)3/h5-8,10,18H,4,9H2,1-3H3. The van der Waals surface area contributed by atoms with Crippen molar-refractivity contribution in [1.82, 2.24) is 10.3 Å². The van der Waals surface area contributed by atoms with Crippen LogP contribution in [-0.2, 0) is 6.54 Å². The van der Waals surface area contributed by atoms with Gasteiger partial charge in [0.25, 0.3) is 0 Å². The first-order valence-corrected chi connectivity index (χ1v) is 7.08. The van der Waals surface area contributed by atoms with Crippen LogP contribution >= 0.6 is 11.6 Å². The van der Waals surface area contributed by atoms with E-state index in [2.05, 4.69) is 23.3 Å². The smallest absolute Gasteiger partial charge is 0.238 e. The van der Waals surface area contributed by atoms with Crippen LogP contribution in [0.2, 0.25) is 5.02 Å². The molecule has 1 N–H and O–H groups in total. The van der Waals surface area contributed by atoms with E-state index >= 15 is 0 Å². The van der Waals surface area contributed by atoms with Gasteiger partial charge in [-0.25, -0.2) is 4.98 Å². The van der Waals surface area contributed by atoms with Crippen LogP contribution in [0.15, 0.2) is 30.5 Å². The Morgan fingerprint density at radius 3 is 2.75 bits per heavy atom. The van der Waals surface area contributed by atoms with Gasteiger partial charge in [0.1, 0.15) is 10.8 Å². The van der Waals surface area contributed by atoms with E-state index in [1.54, 1.807) is 6.20 Å². The molecule has 0 saturated heterocycles. The molecule has 1 heterocycles. The van der Waals surface area contributed by atoms with Crippen LogP contribution in [-0.4, -0.2) is 11.5 Å². The molecule has 0 amide bonds. The van der Waals surface area contributed by atoms with Crippen molar-refractivity contribution in [3.05, 3.63) is 52.2 Å². The van der Waals surface area contributed by atoms with Crippen LogP contribution in [0.3, 0.4) is 0 Å². The molecule has 0 bridgehead atoms. The van der Waals surface area contributed by atoms with Gasteiger partial charge < -0.3 is 10.1 Å². The molecule has 4 heteroatoms. The number of pyridine rings is 1. The molecule has 0 aliphatic rings. The predicted molar refractivity (Wildman–Crippen MR) is 82.6 cm³/mol. The molecule has 20 heavy (non-hydrogen) atoms. The van der Waals surface area contributed by atoms with E-state index in [1.165, 1.54) is 0 Å².